The van der Waals surface area contributed by atoms with Crippen molar-refractivity contribution in [2.45, 2.75) is 44.2 Å². The number of ether oxygens (including phenoxy) is 1. The van der Waals surface area contributed by atoms with E-state index in [-0.39, 0.29) is 0 Å². The summed E-state index contributed by atoms with van der Waals surface area (Å²) in [6.07, 6.45) is 6.99. The van der Waals surface area contributed by atoms with Crippen LogP contribution in [-0.4, -0.2) is 25.1 Å². The third-order valence-electron chi connectivity index (χ3n) is 4.89. The van der Waals surface area contributed by atoms with Crippen LogP contribution in [0.5, 0.6) is 5.75 Å². The van der Waals surface area contributed by atoms with Gasteiger partial charge in [-0.3, -0.25) is 4.90 Å². The first-order chi connectivity index (χ1) is 8.79. The van der Waals surface area contributed by atoms with E-state index in [0.717, 1.165) is 17.7 Å². The fourth-order valence-electron chi connectivity index (χ4n) is 3.90. The molecule has 3 rings (SSSR count). The second kappa shape index (κ2) is 4.93. The highest BCUT2D eigenvalue weighted by molar-refractivity contribution is 5.31. The zero-order chi connectivity index (χ0) is 12.5. The fourth-order valence-corrected chi connectivity index (χ4v) is 3.90. The summed E-state index contributed by atoms with van der Waals surface area (Å²) in [6, 6.07) is 10.0. The SMILES string of the molecule is COc1cccc([C@H]2C[C@@H]3CCCC[C@H]3N2C)c1. The molecule has 0 amide bonds. The molecule has 1 heterocycles. The van der Waals surface area contributed by atoms with Gasteiger partial charge >= 0.3 is 0 Å². The molecular weight excluding hydrogens is 222 g/mol. The minimum absolute atomic E-state index is 0.591. The van der Waals surface area contributed by atoms with E-state index in [1.54, 1.807) is 7.11 Å². The molecule has 1 aromatic carbocycles. The lowest BCUT2D eigenvalue weighted by Gasteiger charge is -2.30. The van der Waals surface area contributed by atoms with E-state index >= 15 is 0 Å². The number of fused-ring (bicyclic) bond motifs is 1. The van der Waals surface area contributed by atoms with Crippen LogP contribution >= 0.6 is 0 Å². The minimum Gasteiger partial charge on any atom is -0.497 e. The van der Waals surface area contributed by atoms with Crippen LogP contribution in [-0.2, 0) is 0 Å². The Morgan fingerprint density at radius 1 is 1.22 bits per heavy atom. The number of hydrogen-bond donors (Lipinski definition) is 0. The molecule has 1 saturated carbocycles. The smallest absolute Gasteiger partial charge is 0.119 e. The number of rotatable bonds is 2. The second-order valence-electron chi connectivity index (χ2n) is 5.81. The number of hydrogen-bond acceptors (Lipinski definition) is 2. The van der Waals surface area contributed by atoms with Crippen LogP contribution in [0.25, 0.3) is 0 Å². The monoisotopic (exact) mass is 245 g/mol. The van der Waals surface area contributed by atoms with Crippen molar-refractivity contribution in [2.75, 3.05) is 14.2 Å². The van der Waals surface area contributed by atoms with Crippen molar-refractivity contribution >= 4 is 0 Å². The van der Waals surface area contributed by atoms with Gasteiger partial charge in [0.15, 0.2) is 0 Å². The summed E-state index contributed by atoms with van der Waals surface area (Å²) in [5, 5.41) is 0. The third kappa shape index (κ3) is 2.03. The van der Waals surface area contributed by atoms with Crippen molar-refractivity contribution in [1.82, 2.24) is 4.90 Å². The molecule has 0 bridgehead atoms. The van der Waals surface area contributed by atoms with Gasteiger partial charge in [-0.1, -0.05) is 25.0 Å². The lowest BCUT2D eigenvalue weighted by atomic mass is 9.84. The van der Waals surface area contributed by atoms with E-state index in [0.29, 0.717) is 6.04 Å². The maximum Gasteiger partial charge on any atom is 0.119 e. The molecule has 2 heteroatoms. The molecule has 0 spiro atoms. The summed E-state index contributed by atoms with van der Waals surface area (Å²) in [5.74, 6) is 1.90. The summed E-state index contributed by atoms with van der Waals surface area (Å²) in [4.78, 5) is 2.61. The number of benzene rings is 1. The molecule has 0 N–H and O–H groups in total. The number of methoxy groups -OCH3 is 1. The maximum absolute atomic E-state index is 5.35. The average Bonchev–Trinajstić information content (AvgIpc) is 2.77. The molecule has 0 aromatic heterocycles. The summed E-state index contributed by atoms with van der Waals surface area (Å²) >= 11 is 0. The molecular formula is C16H23NO. The summed E-state index contributed by atoms with van der Waals surface area (Å²) < 4.78 is 5.35. The van der Waals surface area contributed by atoms with E-state index in [1.165, 1.54) is 37.7 Å². The minimum atomic E-state index is 0.591. The number of likely N-dealkylation sites (tertiary alicyclic amines) is 1. The zero-order valence-corrected chi connectivity index (χ0v) is 11.4. The predicted molar refractivity (Wildman–Crippen MR) is 73.9 cm³/mol. The topological polar surface area (TPSA) is 12.5 Å². The molecule has 0 unspecified atom stereocenters. The molecule has 18 heavy (non-hydrogen) atoms. The van der Waals surface area contributed by atoms with Crippen molar-refractivity contribution in [3.05, 3.63) is 29.8 Å². The Bertz CT molecular complexity index is 417. The first-order valence-electron chi connectivity index (χ1n) is 7.15. The second-order valence-corrected chi connectivity index (χ2v) is 5.81. The predicted octanol–water partition coefficient (Wildman–Crippen LogP) is 3.63. The highest BCUT2D eigenvalue weighted by atomic mass is 16.5. The highest BCUT2D eigenvalue weighted by Crippen LogP contribution is 2.45. The largest absolute Gasteiger partial charge is 0.497 e. The van der Waals surface area contributed by atoms with Gasteiger partial charge in [0.25, 0.3) is 0 Å². The first kappa shape index (κ1) is 12.0. The molecule has 1 aliphatic heterocycles. The molecule has 0 radical (unpaired) electrons. The first-order valence-corrected chi connectivity index (χ1v) is 7.15. The van der Waals surface area contributed by atoms with E-state index < -0.39 is 0 Å². The van der Waals surface area contributed by atoms with Gasteiger partial charge in [-0.15, -0.1) is 0 Å². The Kier molecular flexibility index (Phi) is 3.29. The molecule has 2 nitrogen and oxygen atoms in total. The Morgan fingerprint density at radius 2 is 2.06 bits per heavy atom. The fraction of sp³-hybridized carbons (Fsp3) is 0.625. The van der Waals surface area contributed by atoms with Crippen LogP contribution in [0.15, 0.2) is 24.3 Å². The Morgan fingerprint density at radius 3 is 2.83 bits per heavy atom. The van der Waals surface area contributed by atoms with E-state index in [4.69, 9.17) is 4.74 Å². The summed E-state index contributed by atoms with van der Waals surface area (Å²) in [6.45, 7) is 0. The quantitative estimate of drug-likeness (QED) is 0.789. The molecule has 3 atom stereocenters. The van der Waals surface area contributed by atoms with Crippen LogP contribution in [0.3, 0.4) is 0 Å². The van der Waals surface area contributed by atoms with Crippen LogP contribution < -0.4 is 4.74 Å². The van der Waals surface area contributed by atoms with Crippen molar-refractivity contribution in [1.29, 1.82) is 0 Å². The molecule has 1 aromatic rings. The van der Waals surface area contributed by atoms with E-state index in [2.05, 4.69) is 30.1 Å². The van der Waals surface area contributed by atoms with Crippen molar-refractivity contribution < 1.29 is 4.74 Å². The van der Waals surface area contributed by atoms with Gasteiger partial charge in [-0.2, -0.15) is 0 Å². The summed E-state index contributed by atoms with van der Waals surface area (Å²) in [7, 11) is 4.05. The third-order valence-corrected chi connectivity index (χ3v) is 4.89. The molecule has 1 saturated heterocycles. The standard InChI is InChI=1S/C16H23NO/c1-17-15-9-4-3-6-13(15)11-16(17)12-7-5-8-14(10-12)18-2/h5,7-8,10,13,15-16H,3-4,6,9,11H2,1-2H3/t13-,15+,16+/m0/s1. The molecule has 1 aliphatic carbocycles. The maximum atomic E-state index is 5.35. The number of nitrogens with zero attached hydrogens (tertiary/aromatic N) is 1. The van der Waals surface area contributed by atoms with Gasteiger partial charge in [-0.05, 0) is 49.9 Å². The normalized spacial score (nSPS) is 32.2. The molecule has 2 fully saturated rings. The lowest BCUT2D eigenvalue weighted by molar-refractivity contribution is 0.187. The van der Waals surface area contributed by atoms with Gasteiger partial charge in [0.05, 0.1) is 7.11 Å². The van der Waals surface area contributed by atoms with Crippen LogP contribution in [0, 0.1) is 5.92 Å². The van der Waals surface area contributed by atoms with Crippen molar-refractivity contribution in [3.63, 3.8) is 0 Å². The Hall–Kier alpha value is -1.02. The van der Waals surface area contributed by atoms with E-state index in [1.807, 2.05) is 6.07 Å². The molecule has 2 aliphatic rings. The van der Waals surface area contributed by atoms with Crippen LogP contribution in [0.4, 0.5) is 0 Å². The average molecular weight is 245 g/mol. The van der Waals surface area contributed by atoms with Gasteiger partial charge in [0, 0.05) is 12.1 Å². The van der Waals surface area contributed by atoms with Crippen molar-refractivity contribution in [3.8, 4) is 5.75 Å². The van der Waals surface area contributed by atoms with Gasteiger partial charge in [0.1, 0.15) is 5.75 Å². The Labute approximate surface area is 110 Å². The molecule has 98 valence electrons. The van der Waals surface area contributed by atoms with Crippen molar-refractivity contribution in [2.24, 2.45) is 5.92 Å². The van der Waals surface area contributed by atoms with Crippen LogP contribution in [0.1, 0.15) is 43.7 Å². The zero-order valence-electron chi connectivity index (χ0n) is 11.4. The Balaban J connectivity index is 1.83. The summed E-state index contributed by atoms with van der Waals surface area (Å²) in [5.41, 5.74) is 1.42. The van der Waals surface area contributed by atoms with Gasteiger partial charge in [0.2, 0.25) is 0 Å². The van der Waals surface area contributed by atoms with Crippen LogP contribution in [0.2, 0.25) is 0 Å². The lowest BCUT2D eigenvalue weighted by Crippen LogP contribution is -2.32. The van der Waals surface area contributed by atoms with Gasteiger partial charge < -0.3 is 4.74 Å². The van der Waals surface area contributed by atoms with E-state index in [9.17, 15) is 0 Å². The van der Waals surface area contributed by atoms with Gasteiger partial charge in [-0.25, -0.2) is 0 Å². The highest BCUT2D eigenvalue weighted by Gasteiger charge is 2.40.